The minimum Gasteiger partial charge on any atom is -0.326 e. The summed E-state index contributed by atoms with van der Waals surface area (Å²) in [7, 11) is 0. The monoisotopic (exact) mass is 445 g/mol. The number of aromatic nitrogens is 4. The van der Waals surface area contributed by atoms with Gasteiger partial charge in [-0.15, -0.1) is 0 Å². The van der Waals surface area contributed by atoms with Crippen LogP contribution < -0.4 is 10.9 Å². The number of amides is 1. The fourth-order valence-corrected chi connectivity index (χ4v) is 5.28. The van der Waals surface area contributed by atoms with E-state index in [1.165, 1.54) is 17.3 Å². The first-order valence-corrected chi connectivity index (χ1v) is 11.5. The molecule has 0 bridgehead atoms. The topological polar surface area (TPSA) is 81.8 Å². The van der Waals surface area contributed by atoms with Crippen LogP contribution in [0.15, 0.2) is 58.6 Å². The van der Waals surface area contributed by atoms with Crippen molar-refractivity contribution in [2.75, 3.05) is 11.1 Å². The first kappa shape index (κ1) is 20.5. The van der Waals surface area contributed by atoms with Crippen LogP contribution in [0.1, 0.15) is 29.2 Å². The Kier molecular flexibility index (Phi) is 5.09. The summed E-state index contributed by atoms with van der Waals surface area (Å²) in [5, 5.41) is 8.48. The summed E-state index contributed by atoms with van der Waals surface area (Å²) in [5.74, 6) is 0.514. The molecule has 2 aromatic heterocycles. The molecule has 3 heterocycles. The van der Waals surface area contributed by atoms with Gasteiger partial charge in [0.25, 0.3) is 5.56 Å². The minimum absolute atomic E-state index is 0.118. The molecule has 1 amide bonds. The van der Waals surface area contributed by atoms with Crippen LogP contribution in [0.5, 0.6) is 0 Å². The van der Waals surface area contributed by atoms with Gasteiger partial charge in [0.05, 0.1) is 17.9 Å². The zero-order valence-electron chi connectivity index (χ0n) is 18.1. The summed E-state index contributed by atoms with van der Waals surface area (Å²) in [4.78, 5) is 30.7. The Bertz CT molecular complexity index is 1420. The van der Waals surface area contributed by atoms with Gasteiger partial charge in [0.2, 0.25) is 5.91 Å². The zero-order valence-corrected chi connectivity index (χ0v) is 18.9. The lowest BCUT2D eigenvalue weighted by Gasteiger charge is -2.14. The predicted octanol–water partition coefficient (Wildman–Crippen LogP) is 4.18. The molecule has 0 fully saturated rings. The van der Waals surface area contributed by atoms with Gasteiger partial charge in [-0.2, -0.15) is 5.10 Å². The number of carbonyl (C=O) groups is 1. The molecule has 162 valence electrons. The smallest absolute Gasteiger partial charge is 0.265 e. The van der Waals surface area contributed by atoms with Crippen molar-refractivity contribution < 1.29 is 4.79 Å². The average molecular weight is 446 g/mol. The summed E-state index contributed by atoms with van der Waals surface area (Å²) in [6, 6.07) is 13.5. The number of carbonyl (C=O) groups excluding carboxylic acids is 1. The number of nitrogens with zero attached hydrogens (tertiary/aromatic N) is 4. The summed E-state index contributed by atoms with van der Waals surface area (Å²) in [6.07, 6.45) is 1.79. The van der Waals surface area contributed by atoms with E-state index >= 15 is 0 Å². The largest absolute Gasteiger partial charge is 0.326 e. The van der Waals surface area contributed by atoms with Gasteiger partial charge in [-0.25, -0.2) is 9.67 Å². The normalized spacial score (nSPS) is 15.2. The van der Waals surface area contributed by atoms with Crippen molar-refractivity contribution in [1.82, 2.24) is 19.3 Å². The highest BCUT2D eigenvalue weighted by molar-refractivity contribution is 7.99. The molecule has 0 radical (unpaired) electrons. The van der Waals surface area contributed by atoms with Gasteiger partial charge in [-0.1, -0.05) is 41.6 Å². The number of aryl methyl sites for hydroxylation is 3. The number of hydrogen-bond acceptors (Lipinski definition) is 5. The Labute approximate surface area is 189 Å². The van der Waals surface area contributed by atoms with Gasteiger partial charge < -0.3 is 5.32 Å². The fraction of sp³-hybridized carbons (Fsp3) is 0.250. The van der Waals surface area contributed by atoms with Gasteiger partial charge in [0, 0.05) is 17.9 Å². The molecule has 1 unspecified atom stereocenters. The third kappa shape index (κ3) is 3.60. The lowest BCUT2D eigenvalue weighted by molar-refractivity contribution is -0.116. The van der Waals surface area contributed by atoms with Crippen molar-refractivity contribution in [2.24, 2.45) is 0 Å². The fourth-order valence-electron chi connectivity index (χ4n) is 4.15. The van der Waals surface area contributed by atoms with Crippen molar-refractivity contribution in [2.45, 2.75) is 38.4 Å². The van der Waals surface area contributed by atoms with Gasteiger partial charge in [0.15, 0.2) is 10.8 Å². The molecule has 7 nitrogen and oxygen atoms in total. The summed E-state index contributed by atoms with van der Waals surface area (Å²) >= 11 is 1.50. The molecular weight excluding hydrogens is 422 g/mol. The molecule has 1 aliphatic rings. The Morgan fingerprint density at radius 3 is 2.75 bits per heavy atom. The van der Waals surface area contributed by atoms with Crippen molar-refractivity contribution in [3.05, 3.63) is 75.7 Å². The van der Waals surface area contributed by atoms with E-state index in [9.17, 15) is 9.59 Å². The molecule has 0 aliphatic carbocycles. The second kappa shape index (κ2) is 7.94. The maximum Gasteiger partial charge on any atom is 0.265 e. The SMILES string of the molecule is Cc1cccc(NC(=O)CC2CSc3nc4c(cnn4-c4ccc(C)cc4C)c(=O)n32)c1. The van der Waals surface area contributed by atoms with Gasteiger partial charge in [-0.05, 0) is 50.1 Å². The molecule has 4 aromatic rings. The third-order valence-corrected chi connectivity index (χ3v) is 6.77. The standard InChI is InChI=1S/C24H23N5O2S/c1-14-5-4-6-17(10-14)26-21(30)11-18-13-32-24-27-22-19(23(31)28(18)24)12-25-29(22)20-8-7-15(2)9-16(20)3/h4-10,12,18H,11,13H2,1-3H3,(H,26,30). The molecule has 1 N–H and O–H groups in total. The minimum atomic E-state index is -0.242. The highest BCUT2D eigenvalue weighted by Gasteiger charge is 2.29. The third-order valence-electron chi connectivity index (χ3n) is 5.67. The number of nitrogens with one attached hydrogen (secondary N) is 1. The molecular formula is C24H23N5O2S. The summed E-state index contributed by atoms with van der Waals surface area (Å²) < 4.78 is 3.38. The van der Waals surface area contributed by atoms with E-state index in [1.807, 2.05) is 57.2 Å². The molecule has 2 aromatic carbocycles. The maximum absolute atomic E-state index is 13.3. The van der Waals surface area contributed by atoms with Gasteiger partial charge in [0.1, 0.15) is 5.39 Å². The number of benzene rings is 2. The quantitative estimate of drug-likeness (QED) is 0.477. The van der Waals surface area contributed by atoms with E-state index in [0.29, 0.717) is 21.9 Å². The van der Waals surface area contributed by atoms with Crippen LogP contribution in [0.4, 0.5) is 5.69 Å². The van der Waals surface area contributed by atoms with Gasteiger partial charge >= 0.3 is 0 Å². The Balaban J connectivity index is 1.46. The molecule has 1 atom stereocenters. The van der Waals surface area contributed by atoms with Crippen LogP contribution in [0.3, 0.4) is 0 Å². The Morgan fingerprint density at radius 2 is 1.97 bits per heavy atom. The van der Waals surface area contributed by atoms with E-state index < -0.39 is 0 Å². The van der Waals surface area contributed by atoms with Crippen LogP contribution in [-0.2, 0) is 4.79 Å². The average Bonchev–Trinajstić information content (AvgIpc) is 3.33. The van der Waals surface area contributed by atoms with Crippen LogP contribution in [0.2, 0.25) is 0 Å². The van der Waals surface area contributed by atoms with E-state index in [-0.39, 0.29) is 23.9 Å². The molecule has 0 spiro atoms. The van der Waals surface area contributed by atoms with E-state index in [2.05, 4.69) is 16.5 Å². The second-order valence-electron chi connectivity index (χ2n) is 8.24. The Hall–Kier alpha value is -3.39. The first-order valence-electron chi connectivity index (χ1n) is 10.5. The maximum atomic E-state index is 13.3. The second-order valence-corrected chi connectivity index (χ2v) is 9.23. The number of hydrogen-bond donors (Lipinski definition) is 1. The van der Waals surface area contributed by atoms with Crippen molar-refractivity contribution >= 4 is 34.4 Å². The van der Waals surface area contributed by atoms with Crippen molar-refractivity contribution in [3.8, 4) is 5.69 Å². The molecule has 32 heavy (non-hydrogen) atoms. The summed E-state index contributed by atoms with van der Waals surface area (Å²) in [6.45, 7) is 6.04. The number of anilines is 1. The Morgan fingerprint density at radius 1 is 1.16 bits per heavy atom. The number of thioether (sulfide) groups is 1. The van der Waals surface area contributed by atoms with Crippen LogP contribution >= 0.6 is 11.8 Å². The van der Waals surface area contributed by atoms with Crippen molar-refractivity contribution in [3.63, 3.8) is 0 Å². The molecule has 0 saturated carbocycles. The number of rotatable bonds is 4. The lowest BCUT2D eigenvalue weighted by Crippen LogP contribution is -2.27. The highest BCUT2D eigenvalue weighted by Crippen LogP contribution is 2.33. The van der Waals surface area contributed by atoms with Crippen LogP contribution in [0, 0.1) is 20.8 Å². The first-order chi connectivity index (χ1) is 15.4. The highest BCUT2D eigenvalue weighted by atomic mass is 32.2. The van der Waals surface area contributed by atoms with Crippen LogP contribution in [0.25, 0.3) is 16.7 Å². The summed E-state index contributed by atoms with van der Waals surface area (Å²) in [5.41, 5.74) is 5.36. The van der Waals surface area contributed by atoms with Gasteiger partial charge in [-0.3, -0.25) is 14.2 Å². The molecule has 5 rings (SSSR count). The molecule has 8 heteroatoms. The van der Waals surface area contributed by atoms with Crippen molar-refractivity contribution in [1.29, 1.82) is 0 Å². The van der Waals surface area contributed by atoms with Crippen LogP contribution in [-0.4, -0.2) is 31.0 Å². The molecule has 0 saturated heterocycles. The van der Waals surface area contributed by atoms with E-state index in [4.69, 9.17) is 4.98 Å². The van der Waals surface area contributed by atoms with E-state index in [0.717, 1.165) is 22.5 Å². The molecule has 1 aliphatic heterocycles. The number of fused-ring (bicyclic) bond motifs is 2. The van der Waals surface area contributed by atoms with E-state index in [1.54, 1.807) is 15.4 Å². The zero-order chi connectivity index (χ0) is 22.4. The lowest BCUT2D eigenvalue weighted by atomic mass is 10.1. The predicted molar refractivity (Wildman–Crippen MR) is 127 cm³/mol.